The van der Waals surface area contributed by atoms with Crippen LogP contribution in [0.2, 0.25) is 0 Å². The summed E-state index contributed by atoms with van der Waals surface area (Å²) in [5.74, 6) is -2.23. The average molecular weight is 398 g/mol. The fourth-order valence-corrected chi connectivity index (χ4v) is 3.34. The summed E-state index contributed by atoms with van der Waals surface area (Å²) < 4.78 is 18.4. The van der Waals surface area contributed by atoms with Gasteiger partial charge in [-0.2, -0.15) is 0 Å². The lowest BCUT2D eigenvalue weighted by atomic mass is 10.1. The molecule has 2 aromatic carbocycles. The van der Waals surface area contributed by atoms with E-state index in [1.165, 1.54) is 17.0 Å². The summed E-state index contributed by atoms with van der Waals surface area (Å²) >= 11 is 0. The Balaban J connectivity index is 1.37. The van der Waals surface area contributed by atoms with Crippen LogP contribution in [-0.2, 0) is 9.59 Å². The van der Waals surface area contributed by atoms with Crippen LogP contribution in [0.25, 0.3) is 11.1 Å². The predicted molar refractivity (Wildman–Crippen MR) is 105 cm³/mol. The Labute approximate surface area is 164 Å². The van der Waals surface area contributed by atoms with E-state index in [-0.39, 0.29) is 5.82 Å². The number of carbonyl (C=O) groups excluding carboxylic acids is 2. The van der Waals surface area contributed by atoms with Crippen LogP contribution in [0.4, 0.5) is 15.8 Å². The van der Waals surface area contributed by atoms with Crippen molar-refractivity contribution >= 4 is 34.3 Å². The number of H-pyrrole nitrogens is 1. The maximum Gasteiger partial charge on any atom is 0.417 e. The Kier molecular flexibility index (Phi) is 4.79. The first kappa shape index (κ1) is 18.7. The molecule has 1 aromatic heterocycles. The SMILES string of the molecule is Cc1cc(N2CCN(C(=O)C(=O)Nc3ccc4[nH]c(=O)oc4c3)CC2)ccc1F. The molecule has 1 fully saturated rings. The number of nitrogens with zero attached hydrogens (tertiary/aromatic N) is 2. The van der Waals surface area contributed by atoms with E-state index in [1.807, 2.05) is 0 Å². The second-order valence-electron chi connectivity index (χ2n) is 6.89. The van der Waals surface area contributed by atoms with Gasteiger partial charge < -0.3 is 19.5 Å². The Bertz CT molecular complexity index is 1140. The number of hydrogen-bond donors (Lipinski definition) is 2. The number of anilines is 2. The van der Waals surface area contributed by atoms with Gasteiger partial charge in [-0.05, 0) is 42.8 Å². The zero-order valence-corrected chi connectivity index (χ0v) is 15.7. The minimum absolute atomic E-state index is 0.253. The number of oxazole rings is 1. The van der Waals surface area contributed by atoms with E-state index in [2.05, 4.69) is 15.2 Å². The topological polar surface area (TPSA) is 98.6 Å². The third kappa shape index (κ3) is 3.84. The monoisotopic (exact) mass is 398 g/mol. The van der Waals surface area contributed by atoms with Gasteiger partial charge in [0.1, 0.15) is 5.82 Å². The van der Waals surface area contributed by atoms with Crippen molar-refractivity contribution in [3.05, 3.63) is 58.3 Å². The second kappa shape index (κ2) is 7.42. The molecule has 29 heavy (non-hydrogen) atoms. The number of nitrogens with one attached hydrogen (secondary N) is 2. The van der Waals surface area contributed by atoms with Crippen molar-refractivity contribution < 1.29 is 18.4 Å². The molecule has 0 saturated carbocycles. The number of aryl methyl sites for hydroxylation is 1. The number of benzene rings is 2. The zero-order valence-electron chi connectivity index (χ0n) is 15.7. The first-order valence-electron chi connectivity index (χ1n) is 9.15. The van der Waals surface area contributed by atoms with E-state index in [0.29, 0.717) is 48.5 Å². The fourth-order valence-electron chi connectivity index (χ4n) is 3.34. The lowest BCUT2D eigenvalue weighted by Gasteiger charge is -2.35. The maximum absolute atomic E-state index is 13.5. The quantitative estimate of drug-likeness (QED) is 0.642. The number of rotatable bonds is 2. The summed E-state index contributed by atoms with van der Waals surface area (Å²) in [6.07, 6.45) is 0. The van der Waals surface area contributed by atoms with Crippen LogP contribution in [0.5, 0.6) is 0 Å². The molecule has 0 atom stereocenters. The molecule has 2 heterocycles. The first-order valence-corrected chi connectivity index (χ1v) is 9.15. The highest BCUT2D eigenvalue weighted by Gasteiger charge is 2.26. The van der Waals surface area contributed by atoms with E-state index in [4.69, 9.17) is 4.42 Å². The van der Waals surface area contributed by atoms with Gasteiger partial charge in [0.05, 0.1) is 5.52 Å². The van der Waals surface area contributed by atoms with Gasteiger partial charge in [0, 0.05) is 43.6 Å². The molecule has 0 spiro atoms. The van der Waals surface area contributed by atoms with Crippen LogP contribution in [0.1, 0.15) is 5.56 Å². The molecule has 3 aromatic rings. The van der Waals surface area contributed by atoms with Crippen LogP contribution < -0.4 is 16.0 Å². The summed E-state index contributed by atoms with van der Waals surface area (Å²) in [7, 11) is 0. The van der Waals surface area contributed by atoms with Crippen LogP contribution in [-0.4, -0.2) is 47.9 Å². The Hall–Kier alpha value is -3.62. The number of carbonyl (C=O) groups is 2. The molecule has 0 aliphatic carbocycles. The molecule has 0 unspecified atom stereocenters. The minimum atomic E-state index is -0.756. The molecular formula is C20H19FN4O4. The number of aromatic amines is 1. The van der Waals surface area contributed by atoms with Gasteiger partial charge in [-0.1, -0.05) is 0 Å². The van der Waals surface area contributed by atoms with E-state index in [1.54, 1.807) is 31.2 Å². The smallest absolute Gasteiger partial charge is 0.408 e. The Morgan fingerprint density at radius 2 is 1.86 bits per heavy atom. The van der Waals surface area contributed by atoms with Crippen LogP contribution in [0.3, 0.4) is 0 Å². The Morgan fingerprint density at radius 1 is 1.10 bits per heavy atom. The number of fused-ring (bicyclic) bond motifs is 1. The lowest BCUT2D eigenvalue weighted by molar-refractivity contribution is -0.143. The normalized spacial score (nSPS) is 14.3. The molecule has 1 aliphatic rings. The minimum Gasteiger partial charge on any atom is -0.408 e. The summed E-state index contributed by atoms with van der Waals surface area (Å²) in [6, 6.07) is 9.56. The summed E-state index contributed by atoms with van der Waals surface area (Å²) in [5, 5.41) is 2.54. The van der Waals surface area contributed by atoms with Crippen molar-refractivity contribution in [3.8, 4) is 0 Å². The maximum atomic E-state index is 13.5. The van der Waals surface area contributed by atoms with Gasteiger partial charge in [0.15, 0.2) is 5.58 Å². The van der Waals surface area contributed by atoms with Gasteiger partial charge in [-0.25, -0.2) is 9.18 Å². The zero-order chi connectivity index (χ0) is 20.5. The highest BCUT2D eigenvalue weighted by molar-refractivity contribution is 6.39. The molecule has 9 heteroatoms. The second-order valence-corrected chi connectivity index (χ2v) is 6.89. The molecule has 2 amide bonds. The summed E-state index contributed by atoms with van der Waals surface area (Å²) in [4.78, 5) is 42.1. The van der Waals surface area contributed by atoms with E-state index in [0.717, 1.165) is 5.69 Å². The Morgan fingerprint density at radius 3 is 2.59 bits per heavy atom. The van der Waals surface area contributed by atoms with Crippen LogP contribution in [0.15, 0.2) is 45.6 Å². The van der Waals surface area contributed by atoms with Gasteiger partial charge >= 0.3 is 17.6 Å². The van der Waals surface area contributed by atoms with Crippen molar-refractivity contribution in [2.75, 3.05) is 36.4 Å². The van der Waals surface area contributed by atoms with E-state index >= 15 is 0 Å². The molecule has 1 saturated heterocycles. The van der Waals surface area contributed by atoms with Gasteiger partial charge in [0.25, 0.3) is 0 Å². The fraction of sp³-hybridized carbons (Fsp3) is 0.250. The largest absolute Gasteiger partial charge is 0.417 e. The van der Waals surface area contributed by atoms with Crippen molar-refractivity contribution in [2.24, 2.45) is 0 Å². The van der Waals surface area contributed by atoms with Gasteiger partial charge in [-0.3, -0.25) is 14.6 Å². The molecule has 4 rings (SSSR count). The standard InChI is InChI=1S/C20H19FN4O4/c1-12-10-14(3-4-15(12)21)24-6-8-25(9-7-24)19(27)18(26)22-13-2-5-16-17(11-13)29-20(28)23-16/h2-5,10-11H,6-9H2,1H3,(H,22,26)(H,23,28). The lowest BCUT2D eigenvalue weighted by Crippen LogP contribution is -2.51. The van der Waals surface area contributed by atoms with Crippen LogP contribution >= 0.6 is 0 Å². The number of amides is 2. The molecule has 0 radical (unpaired) electrons. The van der Waals surface area contributed by atoms with Crippen molar-refractivity contribution in [1.82, 2.24) is 9.88 Å². The molecule has 0 bridgehead atoms. The van der Waals surface area contributed by atoms with Crippen molar-refractivity contribution in [1.29, 1.82) is 0 Å². The molecule has 2 N–H and O–H groups in total. The van der Waals surface area contributed by atoms with E-state index in [9.17, 15) is 18.8 Å². The number of hydrogen-bond acceptors (Lipinski definition) is 5. The third-order valence-electron chi connectivity index (χ3n) is 4.95. The number of piperazine rings is 1. The van der Waals surface area contributed by atoms with Crippen molar-refractivity contribution in [3.63, 3.8) is 0 Å². The van der Waals surface area contributed by atoms with E-state index < -0.39 is 17.6 Å². The summed E-state index contributed by atoms with van der Waals surface area (Å²) in [5.41, 5.74) is 2.62. The van der Waals surface area contributed by atoms with Crippen molar-refractivity contribution in [2.45, 2.75) is 6.92 Å². The van der Waals surface area contributed by atoms with Gasteiger partial charge in [0.2, 0.25) is 0 Å². The van der Waals surface area contributed by atoms with Crippen LogP contribution in [0, 0.1) is 12.7 Å². The first-order chi connectivity index (χ1) is 13.9. The molecule has 1 aliphatic heterocycles. The van der Waals surface area contributed by atoms with Gasteiger partial charge in [-0.15, -0.1) is 0 Å². The molecule has 150 valence electrons. The highest BCUT2D eigenvalue weighted by atomic mass is 19.1. The highest BCUT2D eigenvalue weighted by Crippen LogP contribution is 2.20. The average Bonchev–Trinajstić information content (AvgIpc) is 3.09. The number of aromatic nitrogens is 1. The molecule has 8 nitrogen and oxygen atoms in total. The predicted octanol–water partition coefficient (Wildman–Crippen LogP) is 1.86. The molecular weight excluding hydrogens is 379 g/mol. The third-order valence-corrected chi connectivity index (χ3v) is 4.95. The number of halogens is 1. The summed E-state index contributed by atoms with van der Waals surface area (Å²) in [6.45, 7) is 3.57.